The van der Waals surface area contributed by atoms with Crippen LogP contribution in [0, 0.1) is 0 Å². The van der Waals surface area contributed by atoms with Gasteiger partial charge in [-0.1, -0.05) is 42.5 Å². The number of halogens is 1. The standard InChI is InChI=1S/C36H30FN5O4/c1-38-36(43)31(37)22-25-7-6-8-26(21-25)40-34-33-32(46-30-17-15-29(16-18-30)45-28-9-4-3-5-10-28)19-20-39-35(33)42(41-34)23-24-11-13-27(44-2)14-12-24/h3-22H,23H2,1-2H3,(H,38,43)(H,40,41)/b31-22-. The number of carbonyl (C=O) groups excluding carboxylic acids is 1. The normalized spacial score (nSPS) is 11.2. The fourth-order valence-corrected chi connectivity index (χ4v) is 4.76. The summed E-state index contributed by atoms with van der Waals surface area (Å²) < 4.78 is 33.7. The van der Waals surface area contributed by atoms with Crippen molar-refractivity contribution in [1.82, 2.24) is 20.1 Å². The van der Waals surface area contributed by atoms with Crippen molar-refractivity contribution in [3.05, 3.63) is 132 Å². The summed E-state index contributed by atoms with van der Waals surface area (Å²) in [4.78, 5) is 16.4. The van der Waals surface area contributed by atoms with Gasteiger partial charge in [0.1, 0.15) is 34.1 Å². The summed E-state index contributed by atoms with van der Waals surface area (Å²) in [6.45, 7) is 0.435. The average molecular weight is 616 g/mol. The maximum atomic E-state index is 14.3. The van der Waals surface area contributed by atoms with Gasteiger partial charge >= 0.3 is 0 Å². The Kier molecular flexibility index (Phi) is 8.87. The number of rotatable bonds is 11. The molecular weight excluding hydrogens is 585 g/mol. The molecule has 2 heterocycles. The molecule has 0 atom stereocenters. The minimum absolute atomic E-state index is 0.435. The number of hydrogen-bond donors (Lipinski definition) is 2. The highest BCUT2D eigenvalue weighted by Gasteiger charge is 2.18. The molecule has 0 saturated carbocycles. The molecule has 0 unspecified atom stereocenters. The van der Waals surface area contributed by atoms with E-state index in [0.29, 0.717) is 51.9 Å². The summed E-state index contributed by atoms with van der Waals surface area (Å²) in [7, 11) is 3.00. The molecule has 2 N–H and O–H groups in total. The smallest absolute Gasteiger partial charge is 0.279 e. The number of hydrogen-bond acceptors (Lipinski definition) is 7. The molecule has 0 radical (unpaired) electrons. The van der Waals surface area contributed by atoms with Crippen molar-refractivity contribution < 1.29 is 23.4 Å². The zero-order valence-electron chi connectivity index (χ0n) is 25.1. The number of aromatic nitrogens is 3. The Balaban J connectivity index is 1.34. The Morgan fingerprint density at radius 1 is 0.848 bits per heavy atom. The molecule has 2 aromatic heterocycles. The first-order valence-corrected chi connectivity index (χ1v) is 14.4. The number of carbonyl (C=O) groups is 1. The Morgan fingerprint density at radius 3 is 2.26 bits per heavy atom. The largest absolute Gasteiger partial charge is 0.497 e. The molecule has 0 spiro atoms. The third kappa shape index (κ3) is 6.97. The fraction of sp³-hybridized carbons (Fsp3) is 0.0833. The van der Waals surface area contributed by atoms with Gasteiger partial charge < -0.3 is 24.8 Å². The highest BCUT2D eigenvalue weighted by molar-refractivity contribution is 5.96. The Bertz CT molecular complexity index is 1990. The van der Waals surface area contributed by atoms with Crippen LogP contribution in [0.25, 0.3) is 17.1 Å². The molecular formula is C36H30FN5O4. The Morgan fingerprint density at radius 2 is 1.54 bits per heavy atom. The monoisotopic (exact) mass is 615 g/mol. The SMILES string of the molecule is CNC(=O)/C(F)=C/c1cccc(Nc2nn(Cc3ccc(OC)cc3)c3nccc(Oc4ccc(Oc5ccccc5)cc4)c23)c1. The van der Waals surface area contributed by atoms with Crippen molar-refractivity contribution in [2.24, 2.45) is 0 Å². The summed E-state index contributed by atoms with van der Waals surface area (Å²) >= 11 is 0. The lowest BCUT2D eigenvalue weighted by molar-refractivity contribution is -0.118. The summed E-state index contributed by atoms with van der Waals surface area (Å²) in [5, 5.41) is 11.2. The first kappa shape index (κ1) is 29.9. The Labute approximate surface area is 264 Å². The van der Waals surface area contributed by atoms with Crippen molar-refractivity contribution >= 4 is 34.5 Å². The van der Waals surface area contributed by atoms with Crippen LogP contribution < -0.4 is 24.8 Å². The number of fused-ring (bicyclic) bond motifs is 1. The maximum absolute atomic E-state index is 14.3. The number of amides is 1. The highest BCUT2D eigenvalue weighted by Crippen LogP contribution is 2.36. The van der Waals surface area contributed by atoms with E-state index in [4.69, 9.17) is 19.3 Å². The van der Waals surface area contributed by atoms with Crippen LogP contribution in [0.1, 0.15) is 11.1 Å². The number of para-hydroxylation sites is 1. The number of nitrogens with zero attached hydrogens (tertiary/aromatic N) is 3. The first-order chi connectivity index (χ1) is 22.5. The molecule has 46 heavy (non-hydrogen) atoms. The van der Waals surface area contributed by atoms with Gasteiger partial charge in [0.05, 0.1) is 13.7 Å². The number of methoxy groups -OCH3 is 1. The second-order valence-corrected chi connectivity index (χ2v) is 10.2. The van der Waals surface area contributed by atoms with Crippen LogP contribution in [-0.2, 0) is 11.3 Å². The molecule has 6 aromatic rings. The van der Waals surface area contributed by atoms with Crippen LogP contribution in [-0.4, -0.2) is 34.8 Å². The van der Waals surface area contributed by atoms with Gasteiger partial charge in [0.15, 0.2) is 17.3 Å². The van der Waals surface area contributed by atoms with E-state index in [2.05, 4.69) is 15.6 Å². The fourth-order valence-electron chi connectivity index (χ4n) is 4.76. The Hall–Kier alpha value is -6.16. The van der Waals surface area contributed by atoms with Crippen molar-refractivity contribution in [2.75, 3.05) is 19.5 Å². The van der Waals surface area contributed by atoms with Gasteiger partial charge in [-0.25, -0.2) is 14.1 Å². The van der Waals surface area contributed by atoms with Crippen LogP contribution in [0.4, 0.5) is 15.9 Å². The zero-order valence-corrected chi connectivity index (χ0v) is 25.1. The van der Waals surface area contributed by atoms with E-state index in [1.54, 1.807) is 42.3 Å². The van der Waals surface area contributed by atoms with Gasteiger partial charge in [-0.3, -0.25) is 4.79 Å². The third-order valence-electron chi connectivity index (χ3n) is 7.00. The number of nitrogens with one attached hydrogen (secondary N) is 2. The summed E-state index contributed by atoms with van der Waals surface area (Å²) in [5.74, 6) is 2.10. The molecule has 9 nitrogen and oxygen atoms in total. The third-order valence-corrected chi connectivity index (χ3v) is 7.00. The predicted molar refractivity (Wildman–Crippen MR) is 176 cm³/mol. The van der Waals surface area contributed by atoms with E-state index in [0.717, 1.165) is 17.1 Å². The molecule has 1 amide bonds. The topological polar surface area (TPSA) is 99.5 Å². The highest BCUT2D eigenvalue weighted by atomic mass is 19.1. The van der Waals surface area contributed by atoms with Crippen molar-refractivity contribution in [2.45, 2.75) is 6.54 Å². The van der Waals surface area contributed by atoms with Crippen LogP contribution in [0.5, 0.6) is 28.7 Å². The minimum atomic E-state index is -0.894. The molecule has 0 saturated heterocycles. The van der Waals surface area contributed by atoms with Gasteiger partial charge in [0.2, 0.25) is 0 Å². The van der Waals surface area contributed by atoms with Gasteiger partial charge in [-0.15, -0.1) is 0 Å². The first-order valence-electron chi connectivity index (χ1n) is 14.4. The molecule has 230 valence electrons. The molecule has 0 aliphatic heterocycles. The average Bonchev–Trinajstić information content (AvgIpc) is 3.43. The summed E-state index contributed by atoms with van der Waals surface area (Å²) in [5.41, 5.74) is 2.73. The number of benzene rings is 4. The molecule has 6 rings (SSSR count). The van der Waals surface area contributed by atoms with E-state index in [9.17, 15) is 9.18 Å². The predicted octanol–water partition coefficient (Wildman–Crippen LogP) is 7.87. The second-order valence-electron chi connectivity index (χ2n) is 10.2. The molecule has 0 fully saturated rings. The lowest BCUT2D eigenvalue weighted by Gasteiger charge is -2.10. The van der Waals surface area contributed by atoms with E-state index < -0.39 is 11.7 Å². The lowest BCUT2D eigenvalue weighted by Crippen LogP contribution is -2.17. The van der Waals surface area contributed by atoms with Gasteiger partial charge in [-0.05, 0) is 77.9 Å². The quantitative estimate of drug-likeness (QED) is 0.143. The molecule has 0 bridgehead atoms. The van der Waals surface area contributed by atoms with E-state index >= 15 is 0 Å². The van der Waals surface area contributed by atoms with Crippen molar-refractivity contribution in [1.29, 1.82) is 0 Å². The number of ether oxygens (including phenoxy) is 3. The minimum Gasteiger partial charge on any atom is -0.497 e. The number of likely N-dealkylation sites (N-methyl/N-ethyl adjacent to an activating group) is 1. The van der Waals surface area contributed by atoms with Crippen LogP contribution >= 0.6 is 0 Å². The van der Waals surface area contributed by atoms with Crippen molar-refractivity contribution in [3.8, 4) is 28.7 Å². The number of anilines is 2. The maximum Gasteiger partial charge on any atom is 0.279 e. The van der Waals surface area contributed by atoms with E-state index in [1.165, 1.54) is 13.1 Å². The van der Waals surface area contributed by atoms with Gasteiger partial charge in [0.25, 0.3) is 5.91 Å². The number of pyridine rings is 1. The molecule has 0 aliphatic rings. The molecule has 10 heteroatoms. The lowest BCUT2D eigenvalue weighted by atomic mass is 10.1. The van der Waals surface area contributed by atoms with Gasteiger partial charge in [-0.2, -0.15) is 5.10 Å². The summed E-state index contributed by atoms with van der Waals surface area (Å²) in [6, 6.07) is 33.4. The molecule has 0 aliphatic carbocycles. The van der Waals surface area contributed by atoms with Crippen molar-refractivity contribution in [3.63, 3.8) is 0 Å². The summed E-state index contributed by atoms with van der Waals surface area (Å²) in [6.07, 6.45) is 2.85. The van der Waals surface area contributed by atoms with Crippen LogP contribution in [0.3, 0.4) is 0 Å². The van der Waals surface area contributed by atoms with E-state index in [1.807, 2.05) is 84.9 Å². The van der Waals surface area contributed by atoms with Gasteiger partial charge in [0, 0.05) is 25.0 Å². The van der Waals surface area contributed by atoms with Crippen LogP contribution in [0.2, 0.25) is 0 Å². The zero-order chi connectivity index (χ0) is 31.9. The van der Waals surface area contributed by atoms with E-state index in [-0.39, 0.29) is 0 Å². The molecule has 4 aromatic carbocycles. The second kappa shape index (κ2) is 13.6. The van der Waals surface area contributed by atoms with Crippen LogP contribution in [0.15, 0.2) is 121 Å².